The van der Waals surface area contributed by atoms with Crippen molar-refractivity contribution in [2.45, 2.75) is 44.8 Å². The first-order chi connectivity index (χ1) is 6.87. The van der Waals surface area contributed by atoms with Gasteiger partial charge in [0.25, 0.3) is 0 Å². The van der Waals surface area contributed by atoms with Crippen molar-refractivity contribution < 1.29 is 8.42 Å². The van der Waals surface area contributed by atoms with Crippen LogP contribution in [-0.2, 0) is 10.0 Å². The average molecular weight is 234 g/mol. The molecule has 1 fully saturated rings. The lowest BCUT2D eigenvalue weighted by Gasteiger charge is -2.23. The van der Waals surface area contributed by atoms with Gasteiger partial charge in [0.15, 0.2) is 0 Å². The van der Waals surface area contributed by atoms with Crippen LogP contribution in [-0.4, -0.2) is 26.8 Å². The highest BCUT2D eigenvalue weighted by Gasteiger charge is 2.29. The molecule has 1 aliphatic carbocycles. The van der Waals surface area contributed by atoms with Crippen molar-refractivity contribution in [2.75, 3.05) is 13.1 Å². The minimum absolute atomic E-state index is 0.161. The molecule has 0 atom stereocenters. The lowest BCUT2D eigenvalue weighted by Crippen LogP contribution is -2.41. The first-order valence-electron chi connectivity index (χ1n) is 5.56. The Morgan fingerprint density at radius 1 is 1.33 bits per heavy atom. The third kappa shape index (κ3) is 3.74. The number of hydrogen-bond acceptors (Lipinski definition) is 3. The van der Waals surface area contributed by atoms with Gasteiger partial charge >= 0.3 is 0 Å². The van der Waals surface area contributed by atoms with E-state index in [1.807, 2.05) is 13.8 Å². The van der Waals surface area contributed by atoms with Gasteiger partial charge in [0, 0.05) is 6.54 Å². The fourth-order valence-electron chi connectivity index (χ4n) is 1.68. The van der Waals surface area contributed by atoms with E-state index >= 15 is 0 Å². The number of hydrogen-bond donors (Lipinski definition) is 2. The Hall–Kier alpha value is -0.130. The Morgan fingerprint density at radius 2 is 1.87 bits per heavy atom. The normalized spacial score (nSPS) is 19.7. The van der Waals surface area contributed by atoms with Crippen LogP contribution in [0.4, 0.5) is 0 Å². The minimum Gasteiger partial charge on any atom is -0.330 e. The van der Waals surface area contributed by atoms with Crippen molar-refractivity contribution in [3.63, 3.8) is 0 Å². The summed E-state index contributed by atoms with van der Waals surface area (Å²) >= 11 is 0. The largest absolute Gasteiger partial charge is 0.330 e. The Kier molecular flexibility index (Phi) is 4.14. The molecule has 3 N–H and O–H groups in total. The number of nitrogens with one attached hydrogen (secondary N) is 1. The van der Waals surface area contributed by atoms with E-state index in [-0.39, 0.29) is 10.7 Å². The van der Waals surface area contributed by atoms with Crippen LogP contribution in [0.5, 0.6) is 0 Å². The van der Waals surface area contributed by atoms with Crippen LogP contribution in [0.25, 0.3) is 0 Å². The molecule has 90 valence electrons. The second-order valence-corrected chi connectivity index (χ2v) is 7.19. The zero-order valence-electron chi connectivity index (χ0n) is 9.62. The van der Waals surface area contributed by atoms with Crippen LogP contribution in [0.2, 0.25) is 0 Å². The molecule has 0 radical (unpaired) electrons. The fraction of sp³-hybridized carbons (Fsp3) is 1.00. The van der Waals surface area contributed by atoms with Crippen LogP contribution in [0.15, 0.2) is 0 Å². The first-order valence-corrected chi connectivity index (χ1v) is 7.10. The standard InChI is InChI=1S/C10H22N2O2S/c1-10(2,7-11)8-12-15(13,14)9-5-3-4-6-9/h9,12H,3-8,11H2,1-2H3. The van der Waals surface area contributed by atoms with E-state index in [4.69, 9.17) is 5.73 Å². The summed E-state index contributed by atoms with van der Waals surface area (Å²) in [4.78, 5) is 0. The zero-order chi connectivity index (χ0) is 11.5. The maximum atomic E-state index is 11.8. The molecule has 1 aliphatic rings. The smallest absolute Gasteiger partial charge is 0.214 e. The van der Waals surface area contributed by atoms with Gasteiger partial charge in [-0.3, -0.25) is 0 Å². The molecule has 0 saturated heterocycles. The van der Waals surface area contributed by atoms with E-state index in [9.17, 15) is 8.42 Å². The van der Waals surface area contributed by atoms with Crippen molar-refractivity contribution in [1.82, 2.24) is 4.72 Å². The molecule has 0 amide bonds. The van der Waals surface area contributed by atoms with Gasteiger partial charge in [-0.2, -0.15) is 0 Å². The monoisotopic (exact) mass is 234 g/mol. The van der Waals surface area contributed by atoms with Gasteiger partial charge in [-0.1, -0.05) is 26.7 Å². The van der Waals surface area contributed by atoms with Crippen molar-refractivity contribution in [1.29, 1.82) is 0 Å². The third-order valence-electron chi connectivity index (χ3n) is 3.05. The lowest BCUT2D eigenvalue weighted by atomic mass is 9.95. The van der Waals surface area contributed by atoms with Gasteiger partial charge in [0.1, 0.15) is 0 Å². The number of sulfonamides is 1. The van der Waals surface area contributed by atoms with E-state index in [0.29, 0.717) is 13.1 Å². The molecule has 0 bridgehead atoms. The van der Waals surface area contributed by atoms with E-state index in [0.717, 1.165) is 25.7 Å². The van der Waals surface area contributed by atoms with E-state index in [1.165, 1.54) is 0 Å². The molecule has 0 unspecified atom stereocenters. The van der Waals surface area contributed by atoms with Crippen molar-refractivity contribution in [2.24, 2.45) is 11.1 Å². The van der Waals surface area contributed by atoms with Crippen molar-refractivity contribution in [3.05, 3.63) is 0 Å². The predicted molar refractivity (Wildman–Crippen MR) is 62.0 cm³/mol. The third-order valence-corrected chi connectivity index (χ3v) is 4.94. The van der Waals surface area contributed by atoms with Crippen LogP contribution in [0.1, 0.15) is 39.5 Å². The molecule has 0 heterocycles. The summed E-state index contributed by atoms with van der Waals surface area (Å²) in [6, 6.07) is 0. The molecule has 1 saturated carbocycles. The van der Waals surface area contributed by atoms with Crippen molar-refractivity contribution in [3.8, 4) is 0 Å². The molecule has 0 aromatic heterocycles. The summed E-state index contributed by atoms with van der Waals surface area (Å²) in [6.45, 7) is 4.84. The van der Waals surface area contributed by atoms with E-state index < -0.39 is 10.0 Å². The quantitative estimate of drug-likeness (QED) is 0.740. The van der Waals surface area contributed by atoms with Gasteiger partial charge in [0.05, 0.1) is 5.25 Å². The lowest BCUT2D eigenvalue weighted by molar-refractivity contribution is 0.375. The highest BCUT2D eigenvalue weighted by Crippen LogP contribution is 2.24. The molecular formula is C10H22N2O2S. The van der Waals surface area contributed by atoms with Crippen LogP contribution < -0.4 is 10.5 Å². The predicted octanol–water partition coefficient (Wildman–Crippen LogP) is 0.833. The summed E-state index contributed by atoms with van der Waals surface area (Å²) < 4.78 is 26.4. The Balaban J connectivity index is 2.50. The number of rotatable bonds is 5. The molecule has 0 aromatic carbocycles. The molecule has 1 rings (SSSR count). The summed E-state index contributed by atoms with van der Waals surface area (Å²) in [7, 11) is -3.11. The molecule has 0 aromatic rings. The molecule has 5 heteroatoms. The summed E-state index contributed by atoms with van der Waals surface area (Å²) in [5, 5.41) is -0.175. The number of nitrogens with two attached hydrogens (primary N) is 1. The van der Waals surface area contributed by atoms with Gasteiger partial charge in [0.2, 0.25) is 10.0 Å². The zero-order valence-corrected chi connectivity index (χ0v) is 10.4. The molecule has 15 heavy (non-hydrogen) atoms. The maximum Gasteiger partial charge on any atom is 0.214 e. The molecular weight excluding hydrogens is 212 g/mol. The Morgan fingerprint density at radius 3 is 2.33 bits per heavy atom. The van der Waals surface area contributed by atoms with Crippen LogP contribution in [0.3, 0.4) is 0 Å². The van der Waals surface area contributed by atoms with Crippen molar-refractivity contribution >= 4 is 10.0 Å². The van der Waals surface area contributed by atoms with Gasteiger partial charge < -0.3 is 5.73 Å². The van der Waals surface area contributed by atoms with Gasteiger partial charge in [-0.15, -0.1) is 0 Å². The molecule has 4 nitrogen and oxygen atoms in total. The molecule has 0 spiro atoms. The fourth-order valence-corrected chi connectivity index (χ4v) is 3.47. The van der Waals surface area contributed by atoms with E-state index in [1.54, 1.807) is 0 Å². The van der Waals surface area contributed by atoms with Gasteiger partial charge in [-0.25, -0.2) is 13.1 Å². The summed E-state index contributed by atoms with van der Waals surface area (Å²) in [5.74, 6) is 0. The highest BCUT2D eigenvalue weighted by atomic mass is 32.2. The second-order valence-electron chi connectivity index (χ2n) is 5.14. The second kappa shape index (κ2) is 4.80. The maximum absolute atomic E-state index is 11.8. The minimum atomic E-state index is -3.11. The summed E-state index contributed by atoms with van der Waals surface area (Å²) in [5.41, 5.74) is 5.39. The first kappa shape index (κ1) is 12.9. The Bertz CT molecular complexity index is 293. The van der Waals surface area contributed by atoms with Crippen LogP contribution in [0, 0.1) is 5.41 Å². The van der Waals surface area contributed by atoms with Gasteiger partial charge in [-0.05, 0) is 24.8 Å². The van der Waals surface area contributed by atoms with E-state index in [2.05, 4.69) is 4.72 Å². The topological polar surface area (TPSA) is 72.2 Å². The average Bonchev–Trinajstić information content (AvgIpc) is 2.69. The van der Waals surface area contributed by atoms with Crippen LogP contribution >= 0.6 is 0 Å². The highest BCUT2D eigenvalue weighted by molar-refractivity contribution is 7.90. The summed E-state index contributed by atoms with van der Waals surface area (Å²) in [6.07, 6.45) is 3.68. The SMILES string of the molecule is CC(C)(CN)CNS(=O)(=O)C1CCCC1. The molecule has 0 aliphatic heterocycles. The Labute approximate surface area is 92.7 Å².